The van der Waals surface area contributed by atoms with Crippen molar-refractivity contribution in [3.05, 3.63) is 34.3 Å². The zero-order chi connectivity index (χ0) is 13.1. The third kappa shape index (κ3) is 3.47. The average molecular weight is 268 g/mol. The van der Waals surface area contributed by atoms with Crippen molar-refractivity contribution in [1.29, 1.82) is 0 Å². The maximum Gasteiger partial charge on any atom is 0.0541 e. The normalized spacial score (nSPS) is 20.0. The summed E-state index contributed by atoms with van der Waals surface area (Å²) in [4.78, 5) is 2.43. The summed E-state index contributed by atoms with van der Waals surface area (Å²) in [7, 11) is 0. The van der Waals surface area contributed by atoms with Crippen LogP contribution in [0.1, 0.15) is 30.9 Å². The highest BCUT2D eigenvalue weighted by Gasteiger charge is 2.22. The molecule has 1 saturated heterocycles. The molecule has 0 aliphatic carbocycles. The van der Waals surface area contributed by atoms with Crippen LogP contribution < -0.4 is 0 Å². The first-order chi connectivity index (χ1) is 8.56. The van der Waals surface area contributed by atoms with Crippen LogP contribution in [0.2, 0.25) is 5.02 Å². The molecular weight excluding hydrogens is 246 g/mol. The highest BCUT2D eigenvalue weighted by Crippen LogP contribution is 2.24. The van der Waals surface area contributed by atoms with Crippen LogP contribution in [0.5, 0.6) is 0 Å². The molecule has 2 nitrogen and oxygen atoms in total. The first-order valence-corrected chi connectivity index (χ1v) is 7.09. The number of likely N-dealkylation sites (tertiary alicyclic amines) is 1. The summed E-state index contributed by atoms with van der Waals surface area (Å²) in [6, 6.07) is 6.27. The first kappa shape index (κ1) is 13.9. The Bertz CT molecular complexity index is 397. The Morgan fingerprint density at radius 1 is 1.39 bits per heavy atom. The minimum Gasteiger partial charge on any atom is -0.393 e. The molecule has 1 fully saturated rings. The van der Waals surface area contributed by atoms with Crippen molar-refractivity contribution in [2.75, 3.05) is 13.1 Å². The Labute approximate surface area is 115 Å². The van der Waals surface area contributed by atoms with E-state index in [0.29, 0.717) is 5.92 Å². The lowest BCUT2D eigenvalue weighted by molar-refractivity contribution is 0.0695. The molecule has 0 amide bonds. The van der Waals surface area contributed by atoms with Crippen molar-refractivity contribution in [2.45, 2.75) is 39.3 Å². The minimum atomic E-state index is -0.171. The molecule has 1 N–H and O–H groups in total. The molecule has 0 saturated carbocycles. The number of benzene rings is 1. The fourth-order valence-corrected chi connectivity index (χ4v) is 2.91. The molecule has 1 aliphatic heterocycles. The lowest BCUT2D eigenvalue weighted by Crippen LogP contribution is -2.36. The second kappa shape index (κ2) is 6.05. The van der Waals surface area contributed by atoms with Gasteiger partial charge in [0.1, 0.15) is 0 Å². The Kier molecular flexibility index (Phi) is 4.66. The maximum absolute atomic E-state index is 9.59. The standard InChI is InChI=1S/C15H22ClNO/c1-11-3-4-14(15(16)9-11)10-17-7-5-13(6-8-17)12(2)18/h3-4,9,12-13,18H,5-8,10H2,1-2H3. The van der Waals surface area contributed by atoms with Crippen LogP contribution in [0.15, 0.2) is 18.2 Å². The largest absolute Gasteiger partial charge is 0.393 e. The minimum absolute atomic E-state index is 0.171. The van der Waals surface area contributed by atoms with Gasteiger partial charge in [0.25, 0.3) is 0 Å². The van der Waals surface area contributed by atoms with Crippen LogP contribution in [0, 0.1) is 12.8 Å². The van der Waals surface area contributed by atoms with Crippen LogP contribution in [0.25, 0.3) is 0 Å². The van der Waals surface area contributed by atoms with E-state index in [2.05, 4.69) is 24.0 Å². The molecule has 18 heavy (non-hydrogen) atoms. The van der Waals surface area contributed by atoms with Crippen molar-refractivity contribution < 1.29 is 5.11 Å². The number of piperidine rings is 1. The lowest BCUT2D eigenvalue weighted by atomic mass is 9.92. The van der Waals surface area contributed by atoms with Crippen LogP contribution in [-0.2, 0) is 6.54 Å². The van der Waals surface area contributed by atoms with E-state index in [-0.39, 0.29) is 6.10 Å². The number of rotatable bonds is 3. The summed E-state index contributed by atoms with van der Waals surface area (Å²) in [6.07, 6.45) is 2.00. The van der Waals surface area contributed by atoms with E-state index < -0.39 is 0 Å². The molecule has 0 bridgehead atoms. The van der Waals surface area contributed by atoms with Crippen molar-refractivity contribution >= 4 is 11.6 Å². The van der Waals surface area contributed by atoms with Crippen molar-refractivity contribution in [3.8, 4) is 0 Å². The molecular formula is C15H22ClNO. The van der Waals surface area contributed by atoms with Gasteiger partial charge in [0.05, 0.1) is 6.10 Å². The number of aliphatic hydroxyl groups excluding tert-OH is 1. The number of nitrogens with zero attached hydrogens (tertiary/aromatic N) is 1. The van der Waals surface area contributed by atoms with E-state index in [9.17, 15) is 5.11 Å². The van der Waals surface area contributed by atoms with Crippen LogP contribution in [0.4, 0.5) is 0 Å². The van der Waals surface area contributed by atoms with Gasteiger partial charge < -0.3 is 5.11 Å². The Balaban J connectivity index is 1.91. The second-order valence-electron chi connectivity index (χ2n) is 5.45. The molecule has 0 aromatic heterocycles. The smallest absolute Gasteiger partial charge is 0.0541 e. The van der Waals surface area contributed by atoms with Crippen LogP contribution in [0.3, 0.4) is 0 Å². The first-order valence-electron chi connectivity index (χ1n) is 6.71. The van der Waals surface area contributed by atoms with Gasteiger partial charge in [-0.25, -0.2) is 0 Å². The van der Waals surface area contributed by atoms with E-state index in [0.717, 1.165) is 37.5 Å². The van der Waals surface area contributed by atoms with Crippen molar-refractivity contribution in [3.63, 3.8) is 0 Å². The molecule has 1 aromatic carbocycles. The van der Waals surface area contributed by atoms with E-state index >= 15 is 0 Å². The molecule has 1 unspecified atom stereocenters. The molecule has 1 heterocycles. The Hall–Kier alpha value is -0.570. The van der Waals surface area contributed by atoms with E-state index in [4.69, 9.17) is 11.6 Å². The average Bonchev–Trinajstić information content (AvgIpc) is 2.33. The van der Waals surface area contributed by atoms with Gasteiger partial charge in [-0.3, -0.25) is 4.90 Å². The fraction of sp³-hybridized carbons (Fsp3) is 0.600. The van der Waals surface area contributed by atoms with Crippen LogP contribution >= 0.6 is 11.6 Å². The highest BCUT2D eigenvalue weighted by atomic mass is 35.5. The Morgan fingerprint density at radius 2 is 2.06 bits per heavy atom. The summed E-state index contributed by atoms with van der Waals surface area (Å²) in [5.74, 6) is 0.467. The van der Waals surface area contributed by atoms with Gasteiger partial charge in [0.2, 0.25) is 0 Å². The third-order valence-electron chi connectivity index (χ3n) is 3.92. The number of halogens is 1. The maximum atomic E-state index is 9.59. The topological polar surface area (TPSA) is 23.5 Å². The zero-order valence-electron chi connectivity index (χ0n) is 11.2. The molecule has 2 rings (SSSR count). The highest BCUT2D eigenvalue weighted by molar-refractivity contribution is 6.31. The van der Waals surface area contributed by atoms with Gasteiger partial charge in [-0.1, -0.05) is 23.7 Å². The number of aliphatic hydroxyl groups is 1. The van der Waals surface area contributed by atoms with Gasteiger partial charge in [0.15, 0.2) is 0 Å². The number of hydrogen-bond donors (Lipinski definition) is 1. The van der Waals surface area contributed by atoms with E-state index in [1.54, 1.807) is 0 Å². The van der Waals surface area contributed by atoms with Gasteiger partial charge >= 0.3 is 0 Å². The van der Waals surface area contributed by atoms with Gasteiger partial charge in [-0.15, -0.1) is 0 Å². The monoisotopic (exact) mass is 267 g/mol. The van der Waals surface area contributed by atoms with Crippen molar-refractivity contribution in [2.24, 2.45) is 5.92 Å². The quantitative estimate of drug-likeness (QED) is 0.909. The summed E-state index contributed by atoms with van der Waals surface area (Å²) < 4.78 is 0. The second-order valence-corrected chi connectivity index (χ2v) is 5.86. The molecule has 0 spiro atoms. The van der Waals surface area contributed by atoms with Crippen molar-refractivity contribution in [1.82, 2.24) is 4.90 Å². The summed E-state index contributed by atoms with van der Waals surface area (Å²) >= 11 is 6.26. The molecule has 1 aliphatic rings. The zero-order valence-corrected chi connectivity index (χ0v) is 12.0. The lowest BCUT2D eigenvalue weighted by Gasteiger charge is -2.33. The van der Waals surface area contributed by atoms with Crippen LogP contribution in [-0.4, -0.2) is 29.2 Å². The van der Waals surface area contributed by atoms with E-state index in [1.807, 2.05) is 13.0 Å². The summed E-state index contributed by atoms with van der Waals surface area (Å²) in [5.41, 5.74) is 2.41. The Morgan fingerprint density at radius 3 is 2.61 bits per heavy atom. The summed E-state index contributed by atoms with van der Waals surface area (Å²) in [5, 5.41) is 10.5. The van der Waals surface area contributed by atoms with Gasteiger partial charge in [-0.05, 0) is 62.9 Å². The third-order valence-corrected chi connectivity index (χ3v) is 4.27. The molecule has 100 valence electrons. The fourth-order valence-electron chi connectivity index (χ4n) is 2.61. The molecule has 1 atom stereocenters. The van der Waals surface area contributed by atoms with Gasteiger partial charge in [-0.2, -0.15) is 0 Å². The SMILES string of the molecule is Cc1ccc(CN2CCC(C(C)O)CC2)c(Cl)c1. The number of aryl methyl sites for hydroxylation is 1. The molecule has 0 radical (unpaired) electrons. The predicted molar refractivity (Wildman–Crippen MR) is 75.9 cm³/mol. The predicted octanol–water partition coefficient (Wildman–Crippen LogP) is 3.24. The molecule has 3 heteroatoms. The van der Waals surface area contributed by atoms with E-state index in [1.165, 1.54) is 11.1 Å². The van der Waals surface area contributed by atoms with Gasteiger partial charge in [0, 0.05) is 11.6 Å². The summed E-state index contributed by atoms with van der Waals surface area (Å²) in [6.45, 7) is 6.99. The molecule has 1 aromatic rings. The number of hydrogen-bond acceptors (Lipinski definition) is 2.